The zero-order valence-corrected chi connectivity index (χ0v) is 17.1. The Morgan fingerprint density at radius 3 is 2.76 bits per heavy atom. The number of aromatic nitrogens is 3. The first-order valence-electron chi connectivity index (χ1n) is 7.53. The number of fused-ring (bicyclic) bond motifs is 1. The second kappa shape index (κ2) is 8.49. The number of nitrogens with one attached hydrogen (secondary N) is 1. The maximum absolute atomic E-state index is 12.2. The fourth-order valence-corrected chi connectivity index (χ4v) is 2.29. The second-order valence-electron chi connectivity index (χ2n) is 5.04. The number of carbonyl (C=O) groups excluding carboxylic acids is 1. The number of ether oxygens (including phenoxy) is 1. The van der Waals surface area contributed by atoms with E-state index in [1.54, 1.807) is 37.1 Å². The summed E-state index contributed by atoms with van der Waals surface area (Å²) in [5.41, 5.74) is 4.49. The van der Waals surface area contributed by atoms with Gasteiger partial charge in [-0.1, -0.05) is 18.2 Å². The third-order valence-electron chi connectivity index (χ3n) is 3.42. The molecule has 0 saturated heterocycles. The molecular weight excluding hydrogens is 372 g/mol. The van der Waals surface area contributed by atoms with E-state index in [9.17, 15) is 4.79 Å². The van der Waals surface area contributed by atoms with E-state index in [0.29, 0.717) is 11.5 Å². The van der Waals surface area contributed by atoms with Gasteiger partial charge in [-0.2, -0.15) is 5.10 Å². The van der Waals surface area contributed by atoms with Crippen LogP contribution in [0.5, 0.6) is 0 Å². The molecule has 0 aliphatic carbocycles. The molecule has 7 nitrogen and oxygen atoms in total. The van der Waals surface area contributed by atoms with Crippen molar-refractivity contribution in [3.05, 3.63) is 54.7 Å². The molecule has 0 bridgehead atoms. The van der Waals surface area contributed by atoms with E-state index in [1.807, 2.05) is 30.3 Å². The molecule has 0 radical (unpaired) electrons. The number of benzene rings is 1. The van der Waals surface area contributed by atoms with Crippen molar-refractivity contribution < 1.29 is 29.0 Å². The first kappa shape index (κ1) is 18.7. The van der Waals surface area contributed by atoms with E-state index >= 15 is 0 Å². The fraction of sp³-hybridized carbons (Fsp3) is 0.176. The van der Waals surface area contributed by atoms with Crippen molar-refractivity contribution in [2.75, 3.05) is 12.0 Å². The van der Waals surface area contributed by atoms with Crippen LogP contribution >= 0.6 is 0 Å². The molecule has 0 spiro atoms. The van der Waals surface area contributed by atoms with Gasteiger partial charge in [0.2, 0.25) is 5.71 Å². The molecule has 25 heavy (non-hydrogen) atoms. The standard InChI is InChI=1S/C17H17N5O2.Zn/c1-3-24-17(23)15(16-19-10-11-22(16)2)21-20-13-8-4-6-12-7-5-9-18-14(12)13;/h4-11,20H,3H2,1-2H3;/q;+2/b21-15-;. The van der Waals surface area contributed by atoms with Crippen molar-refractivity contribution in [1.82, 2.24) is 14.5 Å². The molecule has 2 aromatic heterocycles. The molecule has 0 fully saturated rings. The van der Waals surface area contributed by atoms with Crippen molar-refractivity contribution in [3.8, 4) is 0 Å². The SMILES string of the molecule is CCOC(=O)/C(=N\Nc1cccc2cccnc12)c1nccn1C.[Zn+2]. The fourth-order valence-electron chi connectivity index (χ4n) is 2.29. The number of esters is 1. The number of carbonyl (C=O) groups is 1. The average Bonchev–Trinajstić information content (AvgIpc) is 3.01. The zero-order chi connectivity index (χ0) is 16.9. The van der Waals surface area contributed by atoms with E-state index < -0.39 is 5.97 Å². The number of anilines is 1. The Morgan fingerprint density at radius 2 is 2.04 bits per heavy atom. The quantitative estimate of drug-likeness (QED) is 0.314. The van der Waals surface area contributed by atoms with Crippen molar-refractivity contribution in [2.45, 2.75) is 6.92 Å². The predicted molar refractivity (Wildman–Crippen MR) is 91.7 cm³/mol. The number of para-hydroxylation sites is 1. The predicted octanol–water partition coefficient (Wildman–Crippen LogP) is 2.35. The largest absolute Gasteiger partial charge is 2.00 e. The van der Waals surface area contributed by atoms with Crippen molar-refractivity contribution in [3.63, 3.8) is 0 Å². The molecule has 0 amide bonds. The van der Waals surface area contributed by atoms with Gasteiger partial charge in [0.05, 0.1) is 17.8 Å². The van der Waals surface area contributed by atoms with Crippen LogP contribution in [0.3, 0.4) is 0 Å². The summed E-state index contributed by atoms with van der Waals surface area (Å²) in [7, 11) is 1.79. The first-order valence-corrected chi connectivity index (χ1v) is 7.53. The maximum atomic E-state index is 12.2. The first-order chi connectivity index (χ1) is 11.7. The summed E-state index contributed by atoms with van der Waals surface area (Å²) in [6.45, 7) is 2.01. The van der Waals surface area contributed by atoms with Crippen LogP contribution in [0.1, 0.15) is 12.7 Å². The summed E-state index contributed by atoms with van der Waals surface area (Å²) >= 11 is 0. The molecule has 3 rings (SSSR count). The molecule has 0 aliphatic heterocycles. The average molecular weight is 389 g/mol. The molecule has 0 atom stereocenters. The Morgan fingerprint density at radius 1 is 1.24 bits per heavy atom. The van der Waals surface area contributed by atoms with E-state index in [4.69, 9.17) is 4.74 Å². The molecule has 122 valence electrons. The minimum atomic E-state index is -0.535. The molecule has 3 aromatic rings. The molecule has 1 N–H and O–H groups in total. The van der Waals surface area contributed by atoms with Crippen LogP contribution < -0.4 is 5.43 Å². The number of hydrogen-bond donors (Lipinski definition) is 1. The normalized spacial score (nSPS) is 11.0. The number of rotatable bonds is 5. The van der Waals surface area contributed by atoms with Crippen LogP contribution in [0.2, 0.25) is 0 Å². The van der Waals surface area contributed by atoms with E-state index in [2.05, 4.69) is 20.5 Å². The van der Waals surface area contributed by atoms with Crippen molar-refractivity contribution >= 4 is 28.3 Å². The summed E-state index contributed by atoms with van der Waals surface area (Å²) in [6.07, 6.45) is 5.05. The molecule has 2 heterocycles. The van der Waals surface area contributed by atoms with E-state index in [-0.39, 0.29) is 31.8 Å². The molecule has 0 saturated carbocycles. The molecule has 8 heteroatoms. The topological polar surface area (TPSA) is 81.4 Å². The van der Waals surface area contributed by atoms with Gasteiger partial charge in [0, 0.05) is 31.0 Å². The summed E-state index contributed by atoms with van der Waals surface area (Å²) in [6, 6.07) is 9.53. The van der Waals surface area contributed by atoms with Gasteiger partial charge in [0.15, 0.2) is 5.82 Å². The molecule has 0 unspecified atom stereocenters. The van der Waals surface area contributed by atoms with Gasteiger partial charge < -0.3 is 9.30 Å². The number of hydrazone groups is 1. The van der Waals surface area contributed by atoms with Crippen molar-refractivity contribution in [1.29, 1.82) is 0 Å². The van der Waals surface area contributed by atoms with Gasteiger partial charge in [0.1, 0.15) is 0 Å². The minimum Gasteiger partial charge on any atom is -0.461 e. The number of nitrogens with zero attached hydrogens (tertiary/aromatic N) is 4. The third kappa shape index (κ3) is 4.09. The van der Waals surface area contributed by atoms with Crippen LogP contribution in [0.15, 0.2) is 54.0 Å². The Bertz CT molecular complexity index is 901. The third-order valence-corrected chi connectivity index (χ3v) is 3.42. The van der Waals surface area contributed by atoms with Crippen LogP contribution in [0.25, 0.3) is 10.9 Å². The summed E-state index contributed by atoms with van der Waals surface area (Å²) in [5, 5.41) is 5.21. The van der Waals surface area contributed by atoms with Gasteiger partial charge >= 0.3 is 25.4 Å². The number of imidazole rings is 1. The smallest absolute Gasteiger partial charge is 0.461 e. The van der Waals surface area contributed by atoms with Gasteiger partial charge in [0.25, 0.3) is 0 Å². The summed E-state index contributed by atoms with van der Waals surface area (Å²) < 4.78 is 6.79. The van der Waals surface area contributed by atoms with Gasteiger partial charge in [-0.3, -0.25) is 10.4 Å². The molecule has 1 aromatic carbocycles. The Labute approximate surface area is 157 Å². The Kier molecular flexibility index (Phi) is 6.36. The van der Waals surface area contributed by atoms with Crippen LogP contribution in [-0.2, 0) is 36.1 Å². The summed E-state index contributed by atoms with van der Waals surface area (Å²) in [5.74, 6) is -0.110. The molecule has 0 aliphatic rings. The number of pyridine rings is 1. The number of aryl methyl sites for hydroxylation is 1. The maximum Gasteiger partial charge on any atom is 2.00 e. The van der Waals surface area contributed by atoms with E-state index in [1.165, 1.54) is 0 Å². The Balaban J connectivity index is 0.00000225. The van der Waals surface area contributed by atoms with Crippen molar-refractivity contribution in [2.24, 2.45) is 12.1 Å². The van der Waals surface area contributed by atoms with Gasteiger partial charge in [-0.05, 0) is 19.1 Å². The Hall–Kier alpha value is -2.60. The monoisotopic (exact) mass is 387 g/mol. The van der Waals surface area contributed by atoms with Crippen LogP contribution in [0.4, 0.5) is 5.69 Å². The summed E-state index contributed by atoms with van der Waals surface area (Å²) in [4.78, 5) is 20.7. The minimum absolute atomic E-state index is 0. The number of hydrogen-bond acceptors (Lipinski definition) is 6. The van der Waals surface area contributed by atoms with Gasteiger partial charge in [-0.25, -0.2) is 9.78 Å². The van der Waals surface area contributed by atoms with E-state index in [0.717, 1.165) is 10.9 Å². The van der Waals surface area contributed by atoms with Crippen LogP contribution in [0, 0.1) is 0 Å². The second-order valence-corrected chi connectivity index (χ2v) is 5.04. The molecular formula is C17H17N5O2Zn+2. The zero-order valence-electron chi connectivity index (χ0n) is 14.1. The van der Waals surface area contributed by atoms with Gasteiger partial charge in [-0.15, -0.1) is 0 Å². The van der Waals surface area contributed by atoms with Crippen LogP contribution in [-0.4, -0.2) is 32.8 Å².